The summed E-state index contributed by atoms with van der Waals surface area (Å²) in [5.74, 6) is -0.195. The van der Waals surface area contributed by atoms with Gasteiger partial charge in [0, 0.05) is 17.3 Å². The maximum atomic E-state index is 12.4. The van der Waals surface area contributed by atoms with E-state index in [9.17, 15) is 13.2 Å². The average molecular weight is 382 g/mol. The Hall–Kier alpha value is -1.93. The molecular formula is C17H20ClN3O3S. The Morgan fingerprint density at radius 1 is 1.16 bits per heavy atom. The molecule has 1 unspecified atom stereocenters. The molecule has 8 heteroatoms. The molecule has 1 atom stereocenters. The smallest absolute Gasteiger partial charge is 0.241 e. The summed E-state index contributed by atoms with van der Waals surface area (Å²) in [4.78, 5) is 14.3. The molecule has 0 aliphatic rings. The Labute approximate surface area is 152 Å². The zero-order chi connectivity index (χ0) is 18.6. The third-order valence-corrected chi connectivity index (χ3v) is 5.02. The van der Waals surface area contributed by atoms with Gasteiger partial charge in [-0.15, -0.1) is 0 Å². The van der Waals surface area contributed by atoms with Gasteiger partial charge in [-0.1, -0.05) is 23.7 Å². The highest BCUT2D eigenvalue weighted by molar-refractivity contribution is 7.89. The number of sulfonamides is 1. The van der Waals surface area contributed by atoms with Gasteiger partial charge in [0.1, 0.15) is 0 Å². The van der Waals surface area contributed by atoms with E-state index in [0.29, 0.717) is 17.3 Å². The van der Waals surface area contributed by atoms with Gasteiger partial charge in [-0.25, -0.2) is 13.6 Å². The van der Waals surface area contributed by atoms with Gasteiger partial charge < -0.3 is 5.32 Å². The van der Waals surface area contributed by atoms with Crippen LogP contribution in [0.3, 0.4) is 0 Å². The van der Waals surface area contributed by atoms with Gasteiger partial charge in [0.05, 0.1) is 10.9 Å². The Bertz CT molecular complexity index is 836. The van der Waals surface area contributed by atoms with Crippen molar-refractivity contribution in [1.29, 1.82) is 0 Å². The zero-order valence-corrected chi connectivity index (χ0v) is 15.5. The van der Waals surface area contributed by atoms with Crippen LogP contribution in [0.1, 0.15) is 12.5 Å². The van der Waals surface area contributed by atoms with Crippen molar-refractivity contribution in [2.75, 3.05) is 12.4 Å². The fourth-order valence-electron chi connectivity index (χ4n) is 2.19. The summed E-state index contributed by atoms with van der Waals surface area (Å²) in [5.41, 5.74) is 1.55. The zero-order valence-electron chi connectivity index (χ0n) is 13.9. The molecule has 0 saturated heterocycles. The van der Waals surface area contributed by atoms with E-state index in [0.717, 1.165) is 5.56 Å². The molecule has 0 saturated carbocycles. The van der Waals surface area contributed by atoms with Gasteiger partial charge in [-0.2, -0.15) is 0 Å². The number of carbonyl (C=O) groups excluding carboxylic acids is 1. The number of nitrogens with one attached hydrogen (secondary N) is 1. The lowest BCUT2D eigenvalue weighted by molar-refractivity contribution is -0.120. The van der Waals surface area contributed by atoms with Gasteiger partial charge in [-0.3, -0.25) is 9.69 Å². The Morgan fingerprint density at radius 2 is 1.72 bits per heavy atom. The van der Waals surface area contributed by atoms with E-state index in [2.05, 4.69) is 5.32 Å². The lowest BCUT2D eigenvalue weighted by Crippen LogP contribution is -2.39. The second-order valence-corrected chi connectivity index (χ2v) is 7.77. The van der Waals surface area contributed by atoms with Crippen LogP contribution in [0, 0.1) is 0 Å². The van der Waals surface area contributed by atoms with Crippen molar-refractivity contribution in [2.45, 2.75) is 24.4 Å². The van der Waals surface area contributed by atoms with Crippen molar-refractivity contribution in [3.05, 3.63) is 59.1 Å². The summed E-state index contributed by atoms with van der Waals surface area (Å²) in [6.07, 6.45) is 0. The Balaban J connectivity index is 1.98. The molecule has 2 rings (SSSR count). The van der Waals surface area contributed by atoms with Gasteiger partial charge >= 0.3 is 0 Å². The van der Waals surface area contributed by atoms with E-state index in [1.54, 1.807) is 6.92 Å². The Morgan fingerprint density at radius 3 is 2.24 bits per heavy atom. The van der Waals surface area contributed by atoms with E-state index >= 15 is 0 Å². The number of primary sulfonamides is 1. The normalized spacial score (nSPS) is 12.8. The van der Waals surface area contributed by atoms with E-state index < -0.39 is 10.0 Å². The van der Waals surface area contributed by atoms with Gasteiger partial charge in [0.15, 0.2) is 0 Å². The minimum absolute atomic E-state index is 0.00148. The maximum Gasteiger partial charge on any atom is 0.241 e. The van der Waals surface area contributed by atoms with Crippen LogP contribution in [0.5, 0.6) is 0 Å². The molecule has 2 aromatic rings. The third kappa shape index (κ3) is 5.54. The molecule has 0 aliphatic heterocycles. The van der Waals surface area contributed by atoms with Gasteiger partial charge in [0.25, 0.3) is 0 Å². The molecule has 3 N–H and O–H groups in total. The fourth-order valence-corrected chi connectivity index (χ4v) is 2.83. The quantitative estimate of drug-likeness (QED) is 0.803. The number of hydrogen-bond donors (Lipinski definition) is 2. The number of rotatable bonds is 6. The monoisotopic (exact) mass is 381 g/mol. The minimum Gasteiger partial charge on any atom is -0.325 e. The first kappa shape index (κ1) is 19.4. The highest BCUT2D eigenvalue weighted by atomic mass is 35.5. The number of amides is 1. The number of carbonyl (C=O) groups is 1. The number of anilines is 1. The van der Waals surface area contributed by atoms with Crippen molar-refractivity contribution in [3.63, 3.8) is 0 Å². The van der Waals surface area contributed by atoms with Crippen LogP contribution in [-0.2, 0) is 21.4 Å². The molecule has 0 aromatic heterocycles. The largest absolute Gasteiger partial charge is 0.325 e. The number of hydrogen-bond acceptors (Lipinski definition) is 4. The van der Waals surface area contributed by atoms with Gasteiger partial charge in [-0.05, 0) is 55.9 Å². The predicted octanol–water partition coefficient (Wildman–Crippen LogP) is 2.45. The van der Waals surface area contributed by atoms with E-state index in [1.165, 1.54) is 24.3 Å². The molecule has 25 heavy (non-hydrogen) atoms. The second-order valence-electron chi connectivity index (χ2n) is 5.78. The third-order valence-electron chi connectivity index (χ3n) is 3.84. The van der Waals surface area contributed by atoms with Crippen molar-refractivity contribution in [2.24, 2.45) is 5.14 Å². The molecule has 1 amide bonds. The lowest BCUT2D eigenvalue weighted by atomic mass is 10.2. The van der Waals surface area contributed by atoms with Crippen LogP contribution in [0.25, 0.3) is 0 Å². The van der Waals surface area contributed by atoms with E-state index in [4.69, 9.17) is 16.7 Å². The first-order valence-corrected chi connectivity index (χ1v) is 9.47. The average Bonchev–Trinajstić information content (AvgIpc) is 2.55. The van der Waals surface area contributed by atoms with Crippen molar-refractivity contribution in [3.8, 4) is 0 Å². The summed E-state index contributed by atoms with van der Waals surface area (Å²) in [7, 11) is -1.90. The van der Waals surface area contributed by atoms with Crippen LogP contribution in [0.2, 0.25) is 5.02 Å². The molecule has 0 radical (unpaired) electrons. The molecule has 0 heterocycles. The Kier molecular flexibility index (Phi) is 6.18. The molecule has 2 aromatic carbocycles. The van der Waals surface area contributed by atoms with E-state index in [1.807, 2.05) is 36.2 Å². The molecule has 134 valence electrons. The molecular weight excluding hydrogens is 362 g/mol. The molecule has 0 spiro atoms. The van der Waals surface area contributed by atoms with Crippen molar-refractivity contribution in [1.82, 2.24) is 4.90 Å². The van der Waals surface area contributed by atoms with Crippen molar-refractivity contribution < 1.29 is 13.2 Å². The topological polar surface area (TPSA) is 92.5 Å². The molecule has 6 nitrogen and oxygen atoms in total. The van der Waals surface area contributed by atoms with Crippen LogP contribution < -0.4 is 10.5 Å². The second kappa shape index (κ2) is 7.97. The first-order valence-electron chi connectivity index (χ1n) is 7.55. The first-order chi connectivity index (χ1) is 11.7. The highest BCUT2D eigenvalue weighted by Gasteiger charge is 2.18. The summed E-state index contributed by atoms with van der Waals surface area (Å²) in [6, 6.07) is 12.8. The maximum absolute atomic E-state index is 12.4. The number of halogens is 1. The van der Waals surface area contributed by atoms with E-state index in [-0.39, 0.29) is 16.8 Å². The molecule has 0 aliphatic carbocycles. The minimum atomic E-state index is -3.75. The number of likely N-dealkylation sites (N-methyl/N-ethyl adjacent to an activating group) is 1. The van der Waals surface area contributed by atoms with Crippen LogP contribution in [0.15, 0.2) is 53.4 Å². The molecule has 0 fully saturated rings. The fraction of sp³-hybridized carbons (Fsp3) is 0.235. The summed E-state index contributed by atoms with van der Waals surface area (Å²) < 4.78 is 22.5. The summed E-state index contributed by atoms with van der Waals surface area (Å²) in [5, 5.41) is 8.47. The van der Waals surface area contributed by atoms with Crippen LogP contribution in [-0.4, -0.2) is 32.3 Å². The van der Waals surface area contributed by atoms with Crippen LogP contribution >= 0.6 is 11.6 Å². The highest BCUT2D eigenvalue weighted by Crippen LogP contribution is 2.15. The van der Waals surface area contributed by atoms with Crippen molar-refractivity contribution >= 4 is 33.2 Å². The standard InChI is InChI=1S/C17H20ClN3O3S/c1-12(21(2)11-13-3-5-14(18)6-4-13)17(22)20-15-7-9-16(10-8-15)25(19,23)24/h3-10,12H,11H2,1-2H3,(H,20,22)(H2,19,23,24). The number of benzene rings is 2. The number of nitrogens with zero attached hydrogens (tertiary/aromatic N) is 1. The van der Waals surface area contributed by atoms with Crippen LogP contribution in [0.4, 0.5) is 5.69 Å². The number of nitrogens with two attached hydrogens (primary N) is 1. The predicted molar refractivity (Wildman–Crippen MR) is 98.8 cm³/mol. The summed E-state index contributed by atoms with van der Waals surface area (Å²) >= 11 is 5.87. The summed E-state index contributed by atoms with van der Waals surface area (Å²) in [6.45, 7) is 2.39. The lowest BCUT2D eigenvalue weighted by Gasteiger charge is -2.24. The van der Waals surface area contributed by atoms with Gasteiger partial charge in [0.2, 0.25) is 15.9 Å². The molecule has 0 bridgehead atoms. The SMILES string of the molecule is CC(C(=O)Nc1ccc(S(N)(=O)=O)cc1)N(C)Cc1ccc(Cl)cc1.